The largest absolute Gasteiger partial charge is 0.507 e. The summed E-state index contributed by atoms with van der Waals surface area (Å²) in [6.45, 7) is 1.14. The minimum absolute atomic E-state index is 0.417. The van der Waals surface area contributed by atoms with Crippen molar-refractivity contribution in [3.8, 4) is 5.75 Å². The maximum atomic E-state index is 9.78. The molecule has 1 aliphatic rings. The summed E-state index contributed by atoms with van der Waals surface area (Å²) in [6.07, 6.45) is 6.89. The Hall–Kier alpha value is -0.670. The number of hydrogen-bond acceptors (Lipinski definition) is 3. The molecule has 1 aromatic carbocycles. The molecule has 2 N–H and O–H groups in total. The van der Waals surface area contributed by atoms with Crippen LogP contribution in [0.25, 0.3) is 0 Å². The van der Waals surface area contributed by atoms with Crippen molar-refractivity contribution in [3.05, 3.63) is 23.8 Å². The lowest BCUT2D eigenvalue weighted by molar-refractivity contribution is 0.398. The molecular weight excluding hydrogens is 218 g/mol. The van der Waals surface area contributed by atoms with Gasteiger partial charge in [-0.3, -0.25) is 0 Å². The molecule has 88 valence electrons. The monoisotopic (exact) mass is 237 g/mol. The lowest BCUT2D eigenvalue weighted by Gasteiger charge is -2.23. The Bertz CT molecular complexity index is 348. The highest BCUT2D eigenvalue weighted by Crippen LogP contribution is 2.28. The van der Waals surface area contributed by atoms with Crippen molar-refractivity contribution in [1.82, 2.24) is 5.32 Å². The molecule has 1 fully saturated rings. The van der Waals surface area contributed by atoms with E-state index in [1.807, 2.05) is 18.4 Å². The van der Waals surface area contributed by atoms with Crippen LogP contribution in [0.15, 0.2) is 23.1 Å². The molecule has 2 rings (SSSR count). The molecule has 0 saturated carbocycles. The Morgan fingerprint density at radius 2 is 2.31 bits per heavy atom. The number of benzene rings is 1. The topological polar surface area (TPSA) is 32.3 Å². The molecule has 1 aromatic rings. The number of phenolic OH excluding ortho intramolecular Hbond substituents is 1. The zero-order valence-corrected chi connectivity index (χ0v) is 10.5. The van der Waals surface area contributed by atoms with E-state index in [0.29, 0.717) is 11.8 Å². The van der Waals surface area contributed by atoms with Gasteiger partial charge in [-0.1, -0.05) is 12.5 Å². The first kappa shape index (κ1) is 11.8. The molecule has 0 amide bonds. The van der Waals surface area contributed by atoms with Crippen molar-refractivity contribution < 1.29 is 5.11 Å². The van der Waals surface area contributed by atoms with Gasteiger partial charge >= 0.3 is 0 Å². The van der Waals surface area contributed by atoms with Crippen LogP contribution in [-0.4, -0.2) is 23.9 Å². The van der Waals surface area contributed by atoms with Crippen LogP contribution in [-0.2, 0) is 6.42 Å². The van der Waals surface area contributed by atoms with Crippen molar-refractivity contribution in [2.24, 2.45) is 0 Å². The number of thioether (sulfide) groups is 1. The first-order valence-electron chi connectivity index (χ1n) is 5.89. The summed E-state index contributed by atoms with van der Waals surface area (Å²) in [7, 11) is 0. The fourth-order valence-electron chi connectivity index (χ4n) is 2.25. The molecule has 16 heavy (non-hydrogen) atoms. The lowest BCUT2D eigenvalue weighted by Crippen LogP contribution is -2.35. The number of aromatic hydroxyl groups is 1. The van der Waals surface area contributed by atoms with E-state index in [-0.39, 0.29) is 0 Å². The highest BCUT2D eigenvalue weighted by atomic mass is 32.2. The molecule has 0 radical (unpaired) electrons. The molecule has 0 spiro atoms. The zero-order valence-electron chi connectivity index (χ0n) is 9.70. The number of nitrogens with one attached hydrogen (secondary N) is 1. The minimum Gasteiger partial charge on any atom is -0.507 e. The summed E-state index contributed by atoms with van der Waals surface area (Å²) in [5.41, 5.74) is 1.23. The van der Waals surface area contributed by atoms with E-state index in [0.717, 1.165) is 17.9 Å². The lowest BCUT2D eigenvalue weighted by atomic mass is 9.98. The van der Waals surface area contributed by atoms with Gasteiger partial charge in [0.1, 0.15) is 5.75 Å². The third kappa shape index (κ3) is 2.92. The maximum absolute atomic E-state index is 9.78. The first-order valence-corrected chi connectivity index (χ1v) is 7.11. The van der Waals surface area contributed by atoms with Gasteiger partial charge < -0.3 is 10.4 Å². The van der Waals surface area contributed by atoms with E-state index in [1.165, 1.54) is 24.8 Å². The Balaban J connectivity index is 2.01. The highest BCUT2D eigenvalue weighted by molar-refractivity contribution is 7.98. The second kappa shape index (κ2) is 5.60. The number of rotatable bonds is 3. The Kier molecular flexibility index (Phi) is 4.13. The van der Waals surface area contributed by atoms with Crippen LogP contribution < -0.4 is 5.32 Å². The summed E-state index contributed by atoms with van der Waals surface area (Å²) in [6, 6.07) is 6.63. The van der Waals surface area contributed by atoms with E-state index in [1.54, 1.807) is 11.8 Å². The second-order valence-electron chi connectivity index (χ2n) is 4.36. The molecule has 1 unspecified atom stereocenters. The summed E-state index contributed by atoms with van der Waals surface area (Å²) in [5, 5.41) is 13.3. The third-order valence-corrected chi connectivity index (χ3v) is 3.92. The van der Waals surface area contributed by atoms with E-state index in [2.05, 4.69) is 11.4 Å². The molecule has 1 atom stereocenters. The maximum Gasteiger partial charge on any atom is 0.129 e. The van der Waals surface area contributed by atoms with Gasteiger partial charge in [0.15, 0.2) is 0 Å². The molecule has 0 bridgehead atoms. The summed E-state index contributed by atoms with van der Waals surface area (Å²) >= 11 is 1.58. The van der Waals surface area contributed by atoms with Crippen LogP contribution in [0, 0.1) is 0 Å². The van der Waals surface area contributed by atoms with Crippen molar-refractivity contribution in [2.45, 2.75) is 36.6 Å². The molecular formula is C13H19NOS. The van der Waals surface area contributed by atoms with Crippen molar-refractivity contribution in [2.75, 3.05) is 12.8 Å². The predicted octanol–water partition coefficient (Wildman–Crippen LogP) is 2.80. The summed E-state index contributed by atoms with van der Waals surface area (Å²) < 4.78 is 0. The van der Waals surface area contributed by atoms with Crippen LogP contribution in [0.5, 0.6) is 5.75 Å². The normalized spacial score (nSPS) is 20.9. The average molecular weight is 237 g/mol. The molecule has 2 nitrogen and oxygen atoms in total. The number of phenols is 1. The SMILES string of the molecule is CSc1ccc(CC2CCCCN2)cc1O. The number of piperidine rings is 1. The van der Waals surface area contributed by atoms with E-state index in [4.69, 9.17) is 0 Å². The zero-order chi connectivity index (χ0) is 11.4. The Morgan fingerprint density at radius 3 is 2.94 bits per heavy atom. The van der Waals surface area contributed by atoms with Crippen LogP contribution in [0.2, 0.25) is 0 Å². The number of hydrogen-bond donors (Lipinski definition) is 2. The van der Waals surface area contributed by atoms with Crippen LogP contribution in [0.1, 0.15) is 24.8 Å². The highest BCUT2D eigenvalue weighted by Gasteiger charge is 2.13. The first-order chi connectivity index (χ1) is 7.79. The predicted molar refractivity (Wildman–Crippen MR) is 69.2 cm³/mol. The van der Waals surface area contributed by atoms with Gasteiger partial charge in [-0.2, -0.15) is 0 Å². The fourth-order valence-corrected chi connectivity index (χ4v) is 2.72. The quantitative estimate of drug-likeness (QED) is 0.793. The van der Waals surface area contributed by atoms with Gasteiger partial charge in [0.05, 0.1) is 0 Å². The van der Waals surface area contributed by atoms with Crippen molar-refractivity contribution in [3.63, 3.8) is 0 Å². The molecule has 3 heteroatoms. The van der Waals surface area contributed by atoms with Gasteiger partial charge in [0, 0.05) is 10.9 Å². The van der Waals surface area contributed by atoms with Gasteiger partial charge in [0.2, 0.25) is 0 Å². The summed E-state index contributed by atoms with van der Waals surface area (Å²) in [5.74, 6) is 0.417. The third-order valence-electron chi connectivity index (χ3n) is 3.14. The molecule has 0 aromatic heterocycles. The smallest absolute Gasteiger partial charge is 0.129 e. The van der Waals surface area contributed by atoms with Crippen molar-refractivity contribution in [1.29, 1.82) is 0 Å². The Labute approximate surface area is 101 Å². The van der Waals surface area contributed by atoms with Gasteiger partial charge in [-0.15, -0.1) is 11.8 Å². The standard InChI is InChI=1S/C13H19NOS/c1-16-13-6-5-10(9-12(13)15)8-11-4-2-3-7-14-11/h5-6,9,11,14-15H,2-4,7-8H2,1H3. The van der Waals surface area contributed by atoms with Crippen molar-refractivity contribution >= 4 is 11.8 Å². The molecule has 1 saturated heterocycles. The van der Waals surface area contributed by atoms with E-state index >= 15 is 0 Å². The van der Waals surface area contributed by atoms with Crippen LogP contribution in [0.3, 0.4) is 0 Å². The van der Waals surface area contributed by atoms with Crippen LogP contribution in [0.4, 0.5) is 0 Å². The van der Waals surface area contributed by atoms with E-state index in [9.17, 15) is 5.11 Å². The van der Waals surface area contributed by atoms with Gasteiger partial charge in [-0.05, 0) is 49.8 Å². The molecule has 1 heterocycles. The summed E-state index contributed by atoms with van der Waals surface area (Å²) in [4.78, 5) is 0.959. The minimum atomic E-state index is 0.417. The Morgan fingerprint density at radius 1 is 1.44 bits per heavy atom. The fraction of sp³-hybridized carbons (Fsp3) is 0.538. The van der Waals surface area contributed by atoms with E-state index < -0.39 is 0 Å². The molecule has 1 aliphatic heterocycles. The van der Waals surface area contributed by atoms with Gasteiger partial charge in [0.25, 0.3) is 0 Å². The van der Waals surface area contributed by atoms with Gasteiger partial charge in [-0.25, -0.2) is 0 Å². The molecule has 0 aliphatic carbocycles. The average Bonchev–Trinajstić information content (AvgIpc) is 2.31. The van der Waals surface area contributed by atoms with Crippen LogP contribution >= 0.6 is 11.8 Å². The second-order valence-corrected chi connectivity index (χ2v) is 5.21.